The minimum atomic E-state index is -0.483. The molecule has 1 N–H and O–H groups in total. The third kappa shape index (κ3) is 2.46. The van der Waals surface area contributed by atoms with E-state index in [4.69, 9.17) is 0 Å². The maximum absolute atomic E-state index is 13.7. The summed E-state index contributed by atoms with van der Waals surface area (Å²) in [4.78, 5) is 0. The number of halogens is 2. The molecule has 2 nitrogen and oxygen atoms in total. The van der Waals surface area contributed by atoms with Gasteiger partial charge in [0, 0.05) is 5.56 Å². The number of thioether (sulfide) groups is 1. The highest BCUT2D eigenvalue weighted by molar-refractivity contribution is 8.17. The fraction of sp³-hybridized carbons (Fsp3) is 0. The van der Waals surface area contributed by atoms with Crippen molar-refractivity contribution >= 4 is 16.8 Å². The van der Waals surface area contributed by atoms with Crippen LogP contribution in [0.1, 0.15) is 11.1 Å². The van der Waals surface area contributed by atoms with Crippen LogP contribution in [0.4, 0.5) is 8.78 Å². The second-order valence-electron chi connectivity index (χ2n) is 3.95. The van der Waals surface area contributed by atoms with E-state index in [1.807, 2.05) is 30.3 Å². The van der Waals surface area contributed by atoms with Crippen molar-refractivity contribution in [1.29, 1.82) is 0 Å². The predicted molar refractivity (Wildman–Crippen MR) is 72.4 cm³/mol. The van der Waals surface area contributed by atoms with Crippen LogP contribution in [0.25, 0.3) is 0 Å². The zero-order valence-corrected chi connectivity index (χ0v) is 10.5. The average molecular weight is 275 g/mol. The van der Waals surface area contributed by atoms with Crippen molar-refractivity contribution in [2.45, 2.75) is 0 Å². The third-order valence-corrected chi connectivity index (χ3v) is 3.69. The number of rotatable bonds is 2. The first-order valence-corrected chi connectivity index (χ1v) is 6.45. The number of nitrogens with zero attached hydrogens (tertiary/aromatic N) is 1. The lowest BCUT2D eigenvalue weighted by molar-refractivity contribution is 0.598. The minimum Gasteiger partial charge on any atom is -0.284 e. The van der Waals surface area contributed by atoms with Crippen LogP contribution in [-0.4, -0.2) is 5.04 Å². The fourth-order valence-electron chi connectivity index (χ4n) is 1.73. The van der Waals surface area contributed by atoms with Crippen LogP contribution in [0.2, 0.25) is 0 Å². The largest absolute Gasteiger partial charge is 0.284 e. The van der Waals surface area contributed by atoms with Crippen LogP contribution < -0.4 is 5.43 Å². The van der Waals surface area contributed by atoms with E-state index < -0.39 is 11.6 Å². The van der Waals surface area contributed by atoms with Gasteiger partial charge in [0.05, 0.1) is 0 Å². The second-order valence-corrected chi connectivity index (χ2v) is 4.95. The fourth-order valence-corrected chi connectivity index (χ4v) is 2.63. The van der Waals surface area contributed by atoms with Crippen LogP contribution in [0, 0.1) is 17.0 Å². The van der Waals surface area contributed by atoms with Crippen LogP contribution in [0.3, 0.4) is 0 Å². The molecule has 2 aromatic carbocycles. The lowest BCUT2D eigenvalue weighted by Crippen LogP contribution is -2.07. The van der Waals surface area contributed by atoms with Crippen LogP contribution >= 0.6 is 11.8 Å². The SMILES string of the molecule is Fc1ccc(F)c(C2=NN[C](c3ccccc3)S2)c1. The molecule has 1 aliphatic rings. The third-order valence-electron chi connectivity index (χ3n) is 2.65. The maximum Gasteiger partial charge on any atom is 0.169 e. The molecule has 3 rings (SSSR count). The number of hydrogen-bond acceptors (Lipinski definition) is 3. The summed E-state index contributed by atoms with van der Waals surface area (Å²) in [5.74, 6) is -0.961. The molecule has 0 saturated carbocycles. The van der Waals surface area contributed by atoms with E-state index in [-0.39, 0.29) is 5.56 Å². The zero-order valence-electron chi connectivity index (χ0n) is 9.73. The van der Waals surface area contributed by atoms with Gasteiger partial charge in [-0.3, -0.25) is 5.43 Å². The molecule has 5 heteroatoms. The molecule has 0 aliphatic carbocycles. The number of nitrogens with one attached hydrogen (secondary N) is 1. The van der Waals surface area contributed by atoms with Crippen LogP contribution in [0.15, 0.2) is 53.6 Å². The van der Waals surface area contributed by atoms with Crippen molar-refractivity contribution in [2.75, 3.05) is 0 Å². The number of benzene rings is 2. The lowest BCUT2D eigenvalue weighted by Gasteiger charge is -2.07. The molecule has 1 heterocycles. The Hall–Kier alpha value is -1.88. The van der Waals surface area contributed by atoms with Gasteiger partial charge in [0.15, 0.2) is 5.37 Å². The molecule has 19 heavy (non-hydrogen) atoms. The lowest BCUT2D eigenvalue weighted by atomic mass is 10.2. The maximum atomic E-state index is 13.7. The highest BCUT2D eigenvalue weighted by Crippen LogP contribution is 2.33. The summed E-state index contributed by atoms with van der Waals surface area (Å²) in [5, 5.41) is 5.28. The second kappa shape index (κ2) is 5.01. The minimum absolute atomic E-state index is 0.170. The van der Waals surface area contributed by atoms with E-state index in [2.05, 4.69) is 10.5 Å². The Kier molecular flexibility index (Phi) is 3.21. The molecular formula is C14H9F2N2S. The molecular weight excluding hydrogens is 266 g/mol. The Balaban J connectivity index is 1.84. The highest BCUT2D eigenvalue weighted by Gasteiger charge is 2.25. The van der Waals surface area contributed by atoms with Gasteiger partial charge in [-0.2, -0.15) is 5.10 Å². The van der Waals surface area contributed by atoms with Gasteiger partial charge < -0.3 is 0 Å². The van der Waals surface area contributed by atoms with Crippen molar-refractivity contribution in [1.82, 2.24) is 5.43 Å². The summed E-state index contributed by atoms with van der Waals surface area (Å²) in [6, 6.07) is 12.9. The van der Waals surface area contributed by atoms with Gasteiger partial charge in [-0.15, -0.1) is 0 Å². The first-order chi connectivity index (χ1) is 9.24. The molecule has 1 radical (unpaired) electrons. The topological polar surface area (TPSA) is 24.4 Å². The smallest absolute Gasteiger partial charge is 0.169 e. The van der Waals surface area contributed by atoms with Gasteiger partial charge in [-0.1, -0.05) is 42.1 Å². The molecule has 0 spiro atoms. The van der Waals surface area contributed by atoms with Crippen molar-refractivity contribution in [3.8, 4) is 0 Å². The molecule has 0 aromatic heterocycles. The Bertz CT molecular complexity index is 629. The number of hydrazone groups is 1. The standard InChI is InChI=1S/C14H9F2N2S/c15-10-6-7-12(16)11(8-10)14-18-17-13(19-14)9-4-2-1-3-5-9/h1-8,17H. The van der Waals surface area contributed by atoms with E-state index in [0.717, 1.165) is 29.1 Å². The van der Waals surface area contributed by atoms with E-state index in [0.29, 0.717) is 5.04 Å². The van der Waals surface area contributed by atoms with E-state index >= 15 is 0 Å². The van der Waals surface area contributed by atoms with Gasteiger partial charge in [0.25, 0.3) is 0 Å². The predicted octanol–water partition coefficient (Wildman–Crippen LogP) is 3.50. The Morgan fingerprint density at radius 2 is 1.79 bits per heavy atom. The van der Waals surface area contributed by atoms with E-state index in [9.17, 15) is 8.78 Å². The van der Waals surface area contributed by atoms with Crippen molar-refractivity contribution in [3.63, 3.8) is 0 Å². The first-order valence-electron chi connectivity index (χ1n) is 5.63. The molecule has 0 saturated heterocycles. The molecule has 0 fully saturated rings. The Labute approximate surface area is 113 Å². The van der Waals surface area contributed by atoms with Crippen molar-refractivity contribution in [3.05, 3.63) is 76.7 Å². The summed E-state index contributed by atoms with van der Waals surface area (Å²) >= 11 is 1.29. The molecule has 0 atom stereocenters. The normalized spacial score (nSPS) is 15.2. The van der Waals surface area contributed by atoms with E-state index in [1.165, 1.54) is 11.8 Å². The summed E-state index contributed by atoms with van der Waals surface area (Å²) in [7, 11) is 0. The van der Waals surface area contributed by atoms with Crippen molar-refractivity contribution < 1.29 is 8.78 Å². The average Bonchev–Trinajstić information content (AvgIpc) is 2.92. The summed E-state index contributed by atoms with van der Waals surface area (Å²) in [6.07, 6.45) is 0. The van der Waals surface area contributed by atoms with Crippen molar-refractivity contribution in [2.24, 2.45) is 5.10 Å². The van der Waals surface area contributed by atoms with Gasteiger partial charge >= 0.3 is 0 Å². The summed E-state index contributed by atoms with van der Waals surface area (Å²) < 4.78 is 26.8. The molecule has 2 aromatic rings. The molecule has 95 valence electrons. The summed E-state index contributed by atoms with van der Waals surface area (Å²) in [5.41, 5.74) is 3.98. The van der Waals surface area contributed by atoms with Crippen LogP contribution in [0.5, 0.6) is 0 Å². The summed E-state index contributed by atoms with van der Waals surface area (Å²) in [6.45, 7) is 0. The quantitative estimate of drug-likeness (QED) is 0.907. The molecule has 1 aliphatic heterocycles. The van der Waals surface area contributed by atoms with Crippen LogP contribution in [-0.2, 0) is 0 Å². The molecule has 0 amide bonds. The Morgan fingerprint density at radius 3 is 2.58 bits per heavy atom. The van der Waals surface area contributed by atoms with Gasteiger partial charge in [-0.25, -0.2) is 8.78 Å². The number of hydrogen-bond donors (Lipinski definition) is 1. The van der Waals surface area contributed by atoms with Gasteiger partial charge in [0.2, 0.25) is 0 Å². The highest BCUT2D eigenvalue weighted by atomic mass is 32.2. The van der Waals surface area contributed by atoms with Gasteiger partial charge in [-0.05, 0) is 23.8 Å². The zero-order chi connectivity index (χ0) is 13.2. The monoisotopic (exact) mass is 275 g/mol. The van der Waals surface area contributed by atoms with Gasteiger partial charge in [0.1, 0.15) is 16.7 Å². The molecule has 0 unspecified atom stereocenters. The first kappa shape index (κ1) is 12.2. The Morgan fingerprint density at radius 1 is 1.00 bits per heavy atom. The molecule has 0 bridgehead atoms. The van der Waals surface area contributed by atoms with E-state index in [1.54, 1.807) is 0 Å².